The van der Waals surface area contributed by atoms with Gasteiger partial charge in [-0.25, -0.2) is 0 Å². The monoisotopic (exact) mass is 252 g/mol. The van der Waals surface area contributed by atoms with E-state index >= 15 is 0 Å². The van der Waals surface area contributed by atoms with E-state index in [-0.39, 0.29) is 6.04 Å². The Morgan fingerprint density at radius 3 is 2.88 bits per heavy atom. The summed E-state index contributed by atoms with van der Waals surface area (Å²) in [6, 6.07) is 8.45. The Kier molecular flexibility index (Phi) is 5.94. The lowest BCUT2D eigenvalue weighted by atomic mass is 10.1. The lowest BCUT2D eigenvalue weighted by Gasteiger charge is -2.16. The van der Waals surface area contributed by atoms with E-state index in [9.17, 15) is 0 Å². The summed E-state index contributed by atoms with van der Waals surface area (Å²) in [5.41, 5.74) is 2.31. The number of hydrogen-bond acceptors (Lipinski definition) is 2. The fourth-order valence-corrected chi connectivity index (χ4v) is 1.87. The summed E-state index contributed by atoms with van der Waals surface area (Å²) in [6.07, 6.45) is 1.02. The Labute approximate surface area is 109 Å². The molecule has 4 heteroatoms. The van der Waals surface area contributed by atoms with E-state index in [0.29, 0.717) is 11.7 Å². The Morgan fingerprint density at radius 2 is 2.24 bits per heavy atom. The fraction of sp³-hybridized carbons (Fsp3) is 0.462. The number of rotatable bonds is 5. The van der Waals surface area contributed by atoms with Crippen LogP contribution in [0.1, 0.15) is 19.4 Å². The molecule has 17 heavy (non-hydrogen) atoms. The number of nitrogens with one attached hydrogen (secondary N) is 2. The van der Waals surface area contributed by atoms with Gasteiger partial charge in [0.25, 0.3) is 0 Å². The summed E-state index contributed by atoms with van der Waals surface area (Å²) in [6.45, 7) is 4.80. The van der Waals surface area contributed by atoms with Gasteiger partial charge in [-0.05, 0) is 43.3 Å². The minimum Gasteiger partial charge on any atom is -0.383 e. The molecule has 0 fully saturated rings. The van der Waals surface area contributed by atoms with Crippen LogP contribution in [0.5, 0.6) is 0 Å². The topological polar surface area (TPSA) is 33.3 Å². The standard InChI is InChI=1S/C13H20N2OS/c1-4-11-6-5-7-12(8-11)15-13(17)14-10(2)9-16-3/h5-8,10H,4,9H2,1-3H3,(H2,14,15,17). The van der Waals surface area contributed by atoms with Crippen LogP contribution in [0.3, 0.4) is 0 Å². The molecule has 3 nitrogen and oxygen atoms in total. The Hall–Kier alpha value is -1.13. The number of methoxy groups -OCH3 is 1. The molecule has 1 aromatic rings. The van der Waals surface area contributed by atoms with E-state index in [1.807, 2.05) is 19.1 Å². The average molecular weight is 252 g/mol. The summed E-state index contributed by atoms with van der Waals surface area (Å²) >= 11 is 5.23. The maximum absolute atomic E-state index is 5.23. The highest BCUT2D eigenvalue weighted by molar-refractivity contribution is 7.80. The van der Waals surface area contributed by atoms with Gasteiger partial charge in [0.05, 0.1) is 6.61 Å². The van der Waals surface area contributed by atoms with Crippen molar-refractivity contribution in [1.29, 1.82) is 0 Å². The first kappa shape index (κ1) is 13.9. The van der Waals surface area contributed by atoms with Crippen molar-refractivity contribution in [1.82, 2.24) is 5.32 Å². The molecular weight excluding hydrogens is 232 g/mol. The molecule has 0 aliphatic heterocycles. The van der Waals surface area contributed by atoms with Crippen molar-refractivity contribution in [3.8, 4) is 0 Å². The zero-order valence-electron chi connectivity index (χ0n) is 10.6. The van der Waals surface area contributed by atoms with E-state index in [2.05, 4.69) is 29.7 Å². The van der Waals surface area contributed by atoms with Crippen molar-refractivity contribution in [2.75, 3.05) is 19.0 Å². The zero-order chi connectivity index (χ0) is 12.7. The van der Waals surface area contributed by atoms with Gasteiger partial charge in [0.15, 0.2) is 5.11 Å². The van der Waals surface area contributed by atoms with Gasteiger partial charge in [0.1, 0.15) is 0 Å². The van der Waals surface area contributed by atoms with Crippen molar-refractivity contribution >= 4 is 23.0 Å². The van der Waals surface area contributed by atoms with Crippen molar-refractivity contribution in [3.05, 3.63) is 29.8 Å². The molecule has 0 saturated heterocycles. The third-order valence-corrected chi connectivity index (χ3v) is 2.61. The van der Waals surface area contributed by atoms with Crippen LogP contribution in [0.25, 0.3) is 0 Å². The largest absolute Gasteiger partial charge is 0.383 e. The van der Waals surface area contributed by atoms with Crippen molar-refractivity contribution in [2.45, 2.75) is 26.3 Å². The van der Waals surface area contributed by atoms with Crippen LogP contribution >= 0.6 is 12.2 Å². The van der Waals surface area contributed by atoms with Gasteiger partial charge in [-0.2, -0.15) is 0 Å². The second kappa shape index (κ2) is 7.25. The Bertz CT molecular complexity index is 368. The van der Waals surface area contributed by atoms with Gasteiger partial charge in [-0.15, -0.1) is 0 Å². The molecule has 0 aliphatic rings. The molecule has 0 saturated carbocycles. The lowest BCUT2D eigenvalue weighted by molar-refractivity contribution is 0.179. The molecule has 0 aliphatic carbocycles. The predicted molar refractivity (Wildman–Crippen MR) is 76.5 cm³/mol. The predicted octanol–water partition coefficient (Wildman–Crippen LogP) is 2.57. The van der Waals surface area contributed by atoms with E-state index in [1.165, 1.54) is 5.56 Å². The first-order valence-corrected chi connectivity index (χ1v) is 6.22. The van der Waals surface area contributed by atoms with E-state index in [4.69, 9.17) is 17.0 Å². The molecule has 94 valence electrons. The molecule has 1 unspecified atom stereocenters. The van der Waals surface area contributed by atoms with Gasteiger partial charge in [0.2, 0.25) is 0 Å². The SMILES string of the molecule is CCc1cccc(NC(=S)NC(C)COC)c1. The number of anilines is 1. The summed E-state index contributed by atoms with van der Waals surface area (Å²) in [5.74, 6) is 0. The molecule has 0 bridgehead atoms. The van der Waals surface area contributed by atoms with Gasteiger partial charge in [0, 0.05) is 18.8 Å². The van der Waals surface area contributed by atoms with Crippen molar-refractivity contribution in [3.63, 3.8) is 0 Å². The van der Waals surface area contributed by atoms with E-state index in [1.54, 1.807) is 7.11 Å². The summed E-state index contributed by atoms with van der Waals surface area (Å²) in [7, 11) is 1.68. The van der Waals surface area contributed by atoms with Crippen LogP contribution in [0.15, 0.2) is 24.3 Å². The molecule has 0 amide bonds. The highest BCUT2D eigenvalue weighted by Crippen LogP contribution is 2.10. The summed E-state index contributed by atoms with van der Waals surface area (Å²) in [5, 5.41) is 6.96. The number of ether oxygens (including phenoxy) is 1. The maximum Gasteiger partial charge on any atom is 0.171 e. The number of benzene rings is 1. The number of thiocarbonyl (C=S) groups is 1. The van der Waals surface area contributed by atoms with Gasteiger partial charge in [-0.3, -0.25) is 0 Å². The Balaban J connectivity index is 2.49. The second-order valence-electron chi connectivity index (χ2n) is 4.01. The molecule has 0 heterocycles. The van der Waals surface area contributed by atoms with E-state index in [0.717, 1.165) is 12.1 Å². The Morgan fingerprint density at radius 1 is 1.47 bits per heavy atom. The van der Waals surface area contributed by atoms with Gasteiger partial charge < -0.3 is 15.4 Å². The fourth-order valence-electron chi connectivity index (χ4n) is 1.55. The normalized spacial score (nSPS) is 11.9. The maximum atomic E-state index is 5.23. The summed E-state index contributed by atoms with van der Waals surface area (Å²) in [4.78, 5) is 0. The van der Waals surface area contributed by atoms with Crippen LogP contribution in [-0.2, 0) is 11.2 Å². The molecule has 1 aromatic carbocycles. The number of hydrogen-bond donors (Lipinski definition) is 2. The first-order valence-electron chi connectivity index (χ1n) is 5.81. The zero-order valence-corrected chi connectivity index (χ0v) is 11.4. The average Bonchev–Trinajstić information content (AvgIpc) is 2.29. The van der Waals surface area contributed by atoms with Crippen LogP contribution in [0.4, 0.5) is 5.69 Å². The minimum atomic E-state index is 0.203. The summed E-state index contributed by atoms with van der Waals surface area (Å²) < 4.78 is 5.04. The molecule has 1 atom stereocenters. The molecule has 2 N–H and O–H groups in total. The van der Waals surface area contributed by atoms with Crippen LogP contribution in [-0.4, -0.2) is 24.9 Å². The molecule has 0 radical (unpaired) electrons. The minimum absolute atomic E-state index is 0.203. The third kappa shape index (κ3) is 5.15. The smallest absolute Gasteiger partial charge is 0.171 e. The number of aryl methyl sites for hydroxylation is 1. The van der Waals surface area contributed by atoms with Gasteiger partial charge >= 0.3 is 0 Å². The van der Waals surface area contributed by atoms with E-state index < -0.39 is 0 Å². The third-order valence-electron chi connectivity index (χ3n) is 2.39. The first-order chi connectivity index (χ1) is 8.15. The highest BCUT2D eigenvalue weighted by Gasteiger charge is 2.03. The van der Waals surface area contributed by atoms with Crippen molar-refractivity contribution < 1.29 is 4.74 Å². The van der Waals surface area contributed by atoms with Crippen LogP contribution in [0, 0.1) is 0 Å². The highest BCUT2D eigenvalue weighted by atomic mass is 32.1. The van der Waals surface area contributed by atoms with Crippen LogP contribution in [0.2, 0.25) is 0 Å². The van der Waals surface area contributed by atoms with Crippen LogP contribution < -0.4 is 10.6 Å². The lowest BCUT2D eigenvalue weighted by Crippen LogP contribution is -2.38. The molecular formula is C13H20N2OS. The second-order valence-corrected chi connectivity index (χ2v) is 4.42. The molecule has 1 rings (SSSR count). The molecule has 0 aromatic heterocycles. The van der Waals surface area contributed by atoms with Crippen molar-refractivity contribution in [2.24, 2.45) is 0 Å². The quantitative estimate of drug-likeness (QED) is 0.789. The molecule has 0 spiro atoms. The van der Waals surface area contributed by atoms with Gasteiger partial charge in [-0.1, -0.05) is 19.1 Å².